The number of pyridine rings is 1. The van der Waals surface area contributed by atoms with Crippen molar-refractivity contribution in [1.29, 1.82) is 0 Å². The lowest BCUT2D eigenvalue weighted by molar-refractivity contribution is 0.623. The predicted octanol–water partition coefficient (Wildman–Crippen LogP) is 2.43. The van der Waals surface area contributed by atoms with Crippen LogP contribution in [-0.2, 0) is 12.8 Å². The van der Waals surface area contributed by atoms with Gasteiger partial charge in [0.05, 0.1) is 0 Å². The van der Waals surface area contributed by atoms with Crippen molar-refractivity contribution in [3.05, 3.63) is 28.6 Å². The van der Waals surface area contributed by atoms with Crippen molar-refractivity contribution in [2.75, 3.05) is 0 Å². The second kappa shape index (κ2) is 2.58. The zero-order valence-corrected chi connectivity index (χ0v) is 8.02. The molecule has 1 aromatic heterocycles. The number of aromatic nitrogens is 1. The SMILES string of the molecule is Cc1cc2c(nc1C)CC(C)C2. The van der Waals surface area contributed by atoms with Crippen LogP contribution in [0.15, 0.2) is 6.07 Å². The van der Waals surface area contributed by atoms with E-state index >= 15 is 0 Å². The van der Waals surface area contributed by atoms with Gasteiger partial charge in [-0.3, -0.25) is 4.98 Å². The van der Waals surface area contributed by atoms with Crippen molar-refractivity contribution in [1.82, 2.24) is 4.98 Å². The van der Waals surface area contributed by atoms with Gasteiger partial charge in [-0.2, -0.15) is 0 Å². The Balaban J connectivity index is 2.48. The third-order valence-electron chi connectivity index (χ3n) is 2.74. The van der Waals surface area contributed by atoms with Gasteiger partial charge in [0.15, 0.2) is 0 Å². The summed E-state index contributed by atoms with van der Waals surface area (Å²) >= 11 is 0. The summed E-state index contributed by atoms with van der Waals surface area (Å²) in [5.41, 5.74) is 5.35. The second-order valence-corrected chi connectivity index (χ2v) is 4.01. The molecule has 0 radical (unpaired) electrons. The van der Waals surface area contributed by atoms with Crippen molar-refractivity contribution in [3.63, 3.8) is 0 Å². The minimum Gasteiger partial charge on any atom is -0.258 e. The predicted molar refractivity (Wildman–Crippen MR) is 50.3 cm³/mol. The largest absolute Gasteiger partial charge is 0.258 e. The van der Waals surface area contributed by atoms with Gasteiger partial charge in [-0.05, 0) is 43.7 Å². The molecule has 1 nitrogen and oxygen atoms in total. The van der Waals surface area contributed by atoms with Gasteiger partial charge >= 0.3 is 0 Å². The van der Waals surface area contributed by atoms with Crippen LogP contribution in [0.25, 0.3) is 0 Å². The molecule has 2 rings (SSSR count). The molecule has 1 aliphatic rings. The standard InChI is InChI=1S/C11H15N/c1-7-4-10-6-8(2)9(3)12-11(10)5-7/h6-7H,4-5H2,1-3H3. The van der Waals surface area contributed by atoms with E-state index in [0.717, 1.165) is 5.92 Å². The van der Waals surface area contributed by atoms with Gasteiger partial charge in [-0.25, -0.2) is 0 Å². The zero-order valence-electron chi connectivity index (χ0n) is 8.02. The number of hydrogen-bond acceptors (Lipinski definition) is 1. The molecule has 64 valence electrons. The molecule has 0 aromatic carbocycles. The zero-order chi connectivity index (χ0) is 8.72. The fourth-order valence-corrected chi connectivity index (χ4v) is 1.94. The van der Waals surface area contributed by atoms with Crippen molar-refractivity contribution < 1.29 is 0 Å². The highest BCUT2D eigenvalue weighted by molar-refractivity contribution is 5.32. The number of nitrogens with zero attached hydrogens (tertiary/aromatic N) is 1. The lowest BCUT2D eigenvalue weighted by atomic mass is 10.1. The first kappa shape index (κ1) is 7.78. The highest BCUT2D eigenvalue weighted by Crippen LogP contribution is 2.26. The third kappa shape index (κ3) is 1.13. The lowest BCUT2D eigenvalue weighted by Gasteiger charge is -2.02. The van der Waals surface area contributed by atoms with Crippen LogP contribution >= 0.6 is 0 Å². The molecule has 0 aliphatic heterocycles. The number of rotatable bonds is 0. The van der Waals surface area contributed by atoms with Gasteiger partial charge in [-0.1, -0.05) is 13.0 Å². The Morgan fingerprint density at radius 1 is 1.33 bits per heavy atom. The highest BCUT2D eigenvalue weighted by atomic mass is 14.7. The summed E-state index contributed by atoms with van der Waals surface area (Å²) in [5.74, 6) is 0.800. The monoisotopic (exact) mass is 161 g/mol. The molecule has 0 amide bonds. The van der Waals surface area contributed by atoms with E-state index < -0.39 is 0 Å². The Hall–Kier alpha value is -0.850. The molecule has 0 fully saturated rings. The first-order valence-corrected chi connectivity index (χ1v) is 4.63. The Bertz CT molecular complexity index is 284. The van der Waals surface area contributed by atoms with Gasteiger partial charge in [0.25, 0.3) is 0 Å². The van der Waals surface area contributed by atoms with E-state index in [-0.39, 0.29) is 0 Å². The molecule has 1 heterocycles. The van der Waals surface area contributed by atoms with Crippen LogP contribution in [0.2, 0.25) is 0 Å². The molecule has 1 atom stereocenters. The van der Waals surface area contributed by atoms with E-state index in [4.69, 9.17) is 0 Å². The Morgan fingerprint density at radius 2 is 2.08 bits per heavy atom. The van der Waals surface area contributed by atoms with Crippen molar-refractivity contribution in [3.8, 4) is 0 Å². The molecule has 1 heteroatoms. The summed E-state index contributed by atoms with van der Waals surface area (Å²) in [6, 6.07) is 2.31. The molecular formula is C11H15N. The summed E-state index contributed by atoms with van der Waals surface area (Å²) in [7, 11) is 0. The molecular weight excluding hydrogens is 146 g/mol. The average Bonchev–Trinajstić information content (AvgIpc) is 2.30. The van der Waals surface area contributed by atoms with Crippen LogP contribution in [0.4, 0.5) is 0 Å². The molecule has 1 aliphatic carbocycles. The van der Waals surface area contributed by atoms with Crippen LogP contribution < -0.4 is 0 Å². The van der Waals surface area contributed by atoms with Crippen LogP contribution in [0.5, 0.6) is 0 Å². The van der Waals surface area contributed by atoms with Gasteiger partial charge < -0.3 is 0 Å². The van der Waals surface area contributed by atoms with Gasteiger partial charge in [0.1, 0.15) is 0 Å². The average molecular weight is 161 g/mol. The highest BCUT2D eigenvalue weighted by Gasteiger charge is 2.19. The summed E-state index contributed by atoms with van der Waals surface area (Å²) in [6.07, 6.45) is 2.40. The number of fused-ring (bicyclic) bond motifs is 1. The van der Waals surface area contributed by atoms with E-state index in [1.165, 1.54) is 35.4 Å². The van der Waals surface area contributed by atoms with Gasteiger partial charge in [0, 0.05) is 11.4 Å². The second-order valence-electron chi connectivity index (χ2n) is 4.01. The minimum absolute atomic E-state index is 0.800. The molecule has 0 spiro atoms. The molecule has 0 bridgehead atoms. The van der Waals surface area contributed by atoms with E-state index in [1.807, 2.05) is 0 Å². The summed E-state index contributed by atoms with van der Waals surface area (Å²) in [6.45, 7) is 6.54. The lowest BCUT2D eigenvalue weighted by Crippen LogP contribution is -1.94. The third-order valence-corrected chi connectivity index (χ3v) is 2.74. The van der Waals surface area contributed by atoms with E-state index in [1.54, 1.807) is 0 Å². The Kier molecular flexibility index (Phi) is 1.67. The maximum atomic E-state index is 4.60. The molecule has 0 saturated heterocycles. The molecule has 1 unspecified atom stereocenters. The van der Waals surface area contributed by atoms with Crippen molar-refractivity contribution in [2.45, 2.75) is 33.6 Å². The summed E-state index contributed by atoms with van der Waals surface area (Å²) < 4.78 is 0. The van der Waals surface area contributed by atoms with Crippen LogP contribution in [0.3, 0.4) is 0 Å². The van der Waals surface area contributed by atoms with E-state index in [9.17, 15) is 0 Å². The minimum atomic E-state index is 0.800. The first-order valence-electron chi connectivity index (χ1n) is 4.63. The van der Waals surface area contributed by atoms with Crippen LogP contribution in [0, 0.1) is 19.8 Å². The smallest absolute Gasteiger partial charge is 0.0441 e. The van der Waals surface area contributed by atoms with E-state index in [2.05, 4.69) is 31.8 Å². The quantitative estimate of drug-likeness (QED) is 0.569. The number of aryl methyl sites for hydroxylation is 2. The summed E-state index contributed by atoms with van der Waals surface area (Å²) in [4.78, 5) is 4.60. The van der Waals surface area contributed by atoms with Crippen LogP contribution in [0.1, 0.15) is 29.4 Å². The maximum Gasteiger partial charge on any atom is 0.0441 e. The number of hydrogen-bond donors (Lipinski definition) is 0. The fraction of sp³-hybridized carbons (Fsp3) is 0.545. The van der Waals surface area contributed by atoms with Crippen molar-refractivity contribution in [2.24, 2.45) is 5.92 Å². The van der Waals surface area contributed by atoms with Gasteiger partial charge in [0.2, 0.25) is 0 Å². The Morgan fingerprint density at radius 3 is 2.83 bits per heavy atom. The first-order chi connectivity index (χ1) is 5.66. The van der Waals surface area contributed by atoms with E-state index in [0.29, 0.717) is 0 Å². The molecule has 12 heavy (non-hydrogen) atoms. The fourth-order valence-electron chi connectivity index (χ4n) is 1.94. The summed E-state index contributed by atoms with van der Waals surface area (Å²) in [5, 5.41) is 0. The molecule has 0 saturated carbocycles. The Labute approximate surface area is 73.8 Å². The topological polar surface area (TPSA) is 12.9 Å². The van der Waals surface area contributed by atoms with Crippen molar-refractivity contribution >= 4 is 0 Å². The van der Waals surface area contributed by atoms with Crippen LogP contribution in [-0.4, -0.2) is 4.98 Å². The normalized spacial score (nSPS) is 21.1. The maximum absolute atomic E-state index is 4.60. The molecule has 1 aromatic rings. The van der Waals surface area contributed by atoms with Gasteiger partial charge in [-0.15, -0.1) is 0 Å². The molecule has 0 N–H and O–H groups in total.